The van der Waals surface area contributed by atoms with Crippen LogP contribution in [0.3, 0.4) is 0 Å². The zero-order valence-corrected chi connectivity index (χ0v) is 9.82. The Morgan fingerprint density at radius 2 is 2.12 bits per heavy atom. The molecule has 3 nitrogen and oxygen atoms in total. The minimum Gasteiger partial charge on any atom is -0.481 e. The van der Waals surface area contributed by atoms with Gasteiger partial charge in [0.05, 0.1) is 5.92 Å². The third-order valence-corrected chi connectivity index (χ3v) is 4.25. The zero-order valence-electron chi connectivity index (χ0n) is 9.82. The van der Waals surface area contributed by atoms with Crippen LogP contribution in [0.1, 0.15) is 32.1 Å². The normalized spacial score (nSPS) is 29.4. The average Bonchev–Trinajstić information content (AvgIpc) is 2.59. The first-order valence-corrected chi connectivity index (χ1v) is 6.24. The molecule has 0 amide bonds. The quantitative estimate of drug-likeness (QED) is 0.745. The van der Waals surface area contributed by atoms with E-state index >= 15 is 0 Å². The molecule has 0 aromatic rings. The Hall–Kier alpha value is -0.830. The molecule has 2 aliphatic rings. The summed E-state index contributed by atoms with van der Waals surface area (Å²) in [6.07, 6.45) is 7.74. The lowest BCUT2D eigenvalue weighted by Gasteiger charge is -2.36. The van der Waals surface area contributed by atoms with Crippen molar-refractivity contribution in [3.63, 3.8) is 0 Å². The molecule has 0 unspecified atom stereocenters. The molecule has 1 saturated heterocycles. The molecule has 1 atom stereocenters. The van der Waals surface area contributed by atoms with Crippen molar-refractivity contribution in [3.05, 3.63) is 12.7 Å². The first-order valence-electron chi connectivity index (χ1n) is 6.24. The summed E-state index contributed by atoms with van der Waals surface area (Å²) < 4.78 is 0. The van der Waals surface area contributed by atoms with Gasteiger partial charge in [-0.3, -0.25) is 9.69 Å². The van der Waals surface area contributed by atoms with Crippen LogP contribution in [-0.4, -0.2) is 35.6 Å². The van der Waals surface area contributed by atoms with Gasteiger partial charge in [0.15, 0.2) is 0 Å². The van der Waals surface area contributed by atoms with Crippen LogP contribution in [0, 0.1) is 11.3 Å². The van der Waals surface area contributed by atoms with E-state index in [1.807, 2.05) is 6.08 Å². The predicted molar refractivity (Wildman–Crippen MR) is 63.3 cm³/mol. The van der Waals surface area contributed by atoms with E-state index in [1.165, 1.54) is 19.3 Å². The number of rotatable bonds is 3. The summed E-state index contributed by atoms with van der Waals surface area (Å²) in [4.78, 5) is 13.6. The van der Waals surface area contributed by atoms with Crippen LogP contribution >= 0.6 is 0 Å². The van der Waals surface area contributed by atoms with Gasteiger partial charge in [0.2, 0.25) is 0 Å². The molecular weight excluding hydrogens is 202 g/mol. The number of carboxylic acid groups (broad SMARTS) is 1. The van der Waals surface area contributed by atoms with Gasteiger partial charge in [-0.25, -0.2) is 0 Å². The van der Waals surface area contributed by atoms with Gasteiger partial charge in [0.25, 0.3) is 0 Å². The highest BCUT2D eigenvalue weighted by atomic mass is 16.4. The summed E-state index contributed by atoms with van der Waals surface area (Å²) in [6.45, 7) is 6.23. The minimum atomic E-state index is -0.603. The molecule has 90 valence electrons. The number of carbonyl (C=O) groups is 1. The SMILES string of the molecule is C=CCN1C[C@@H](C(=O)O)C2(CCCCC2)C1. The molecule has 0 radical (unpaired) electrons. The fourth-order valence-electron chi connectivity index (χ4n) is 3.50. The van der Waals surface area contributed by atoms with Gasteiger partial charge in [-0.15, -0.1) is 6.58 Å². The molecule has 1 heterocycles. The number of hydrogen-bond acceptors (Lipinski definition) is 2. The lowest BCUT2D eigenvalue weighted by atomic mass is 9.68. The molecule has 1 N–H and O–H groups in total. The monoisotopic (exact) mass is 223 g/mol. The average molecular weight is 223 g/mol. The second-order valence-electron chi connectivity index (χ2n) is 5.30. The van der Waals surface area contributed by atoms with Crippen molar-refractivity contribution in [1.82, 2.24) is 4.90 Å². The van der Waals surface area contributed by atoms with E-state index in [4.69, 9.17) is 0 Å². The Kier molecular flexibility index (Phi) is 3.33. The van der Waals surface area contributed by atoms with Crippen LogP contribution in [0.5, 0.6) is 0 Å². The maximum absolute atomic E-state index is 11.4. The molecule has 1 spiro atoms. The molecule has 1 saturated carbocycles. The van der Waals surface area contributed by atoms with Gasteiger partial charge >= 0.3 is 5.97 Å². The van der Waals surface area contributed by atoms with E-state index < -0.39 is 5.97 Å². The highest BCUT2D eigenvalue weighted by Gasteiger charge is 2.49. The number of aliphatic carboxylic acids is 1. The van der Waals surface area contributed by atoms with E-state index in [0.29, 0.717) is 6.54 Å². The van der Waals surface area contributed by atoms with Gasteiger partial charge in [0.1, 0.15) is 0 Å². The van der Waals surface area contributed by atoms with Gasteiger partial charge in [-0.05, 0) is 18.3 Å². The van der Waals surface area contributed by atoms with E-state index in [0.717, 1.165) is 25.9 Å². The predicted octanol–water partition coefficient (Wildman–Crippen LogP) is 2.14. The molecule has 0 aromatic heterocycles. The number of hydrogen-bond donors (Lipinski definition) is 1. The van der Waals surface area contributed by atoms with E-state index in [-0.39, 0.29) is 11.3 Å². The van der Waals surface area contributed by atoms with Crippen LogP contribution in [0.25, 0.3) is 0 Å². The second-order valence-corrected chi connectivity index (χ2v) is 5.30. The van der Waals surface area contributed by atoms with Crippen molar-refractivity contribution in [3.8, 4) is 0 Å². The largest absolute Gasteiger partial charge is 0.481 e. The Bertz CT molecular complexity index is 282. The standard InChI is InChI=1S/C13H21NO2/c1-2-8-14-9-11(12(15)16)13(10-14)6-4-3-5-7-13/h2,11H,1,3-10H2,(H,15,16)/t11-/m0/s1. The molecule has 2 rings (SSSR count). The maximum Gasteiger partial charge on any atom is 0.308 e. The van der Waals surface area contributed by atoms with E-state index in [1.54, 1.807) is 0 Å². The van der Waals surface area contributed by atoms with Crippen molar-refractivity contribution in [2.45, 2.75) is 32.1 Å². The lowest BCUT2D eigenvalue weighted by molar-refractivity contribution is -0.145. The Labute approximate surface area is 97.1 Å². The minimum absolute atomic E-state index is 0.0626. The summed E-state index contributed by atoms with van der Waals surface area (Å²) >= 11 is 0. The summed E-state index contributed by atoms with van der Waals surface area (Å²) in [5, 5.41) is 9.36. The van der Waals surface area contributed by atoms with Crippen LogP contribution < -0.4 is 0 Å². The smallest absolute Gasteiger partial charge is 0.308 e. The molecule has 1 aliphatic heterocycles. The van der Waals surface area contributed by atoms with Gasteiger partial charge in [-0.2, -0.15) is 0 Å². The maximum atomic E-state index is 11.4. The topological polar surface area (TPSA) is 40.5 Å². The summed E-state index contributed by atoms with van der Waals surface area (Å²) in [5.74, 6) is -0.763. The Morgan fingerprint density at radius 3 is 2.69 bits per heavy atom. The van der Waals surface area contributed by atoms with Crippen LogP contribution in [0.4, 0.5) is 0 Å². The fraction of sp³-hybridized carbons (Fsp3) is 0.769. The number of nitrogens with zero attached hydrogens (tertiary/aromatic N) is 1. The second kappa shape index (κ2) is 4.58. The Balaban J connectivity index is 2.13. The van der Waals surface area contributed by atoms with Crippen LogP contribution in [0.2, 0.25) is 0 Å². The highest BCUT2D eigenvalue weighted by Crippen LogP contribution is 2.47. The number of carboxylic acids is 1. The fourth-order valence-corrected chi connectivity index (χ4v) is 3.50. The van der Waals surface area contributed by atoms with E-state index in [2.05, 4.69) is 11.5 Å². The molecule has 2 fully saturated rings. The van der Waals surface area contributed by atoms with Crippen molar-refractivity contribution in [2.75, 3.05) is 19.6 Å². The lowest BCUT2D eigenvalue weighted by Crippen LogP contribution is -2.36. The van der Waals surface area contributed by atoms with Gasteiger partial charge in [0, 0.05) is 19.6 Å². The molecule has 0 bridgehead atoms. The van der Waals surface area contributed by atoms with Crippen LogP contribution in [0.15, 0.2) is 12.7 Å². The highest BCUT2D eigenvalue weighted by molar-refractivity contribution is 5.72. The summed E-state index contributed by atoms with van der Waals surface area (Å²) in [7, 11) is 0. The third kappa shape index (κ3) is 2.01. The Morgan fingerprint density at radius 1 is 1.44 bits per heavy atom. The van der Waals surface area contributed by atoms with Gasteiger partial charge in [-0.1, -0.05) is 25.3 Å². The van der Waals surface area contributed by atoms with Crippen molar-refractivity contribution < 1.29 is 9.90 Å². The molecule has 3 heteroatoms. The zero-order chi connectivity index (χ0) is 11.6. The molecular formula is C13H21NO2. The van der Waals surface area contributed by atoms with Crippen molar-refractivity contribution in [2.24, 2.45) is 11.3 Å². The molecule has 16 heavy (non-hydrogen) atoms. The molecule has 0 aromatic carbocycles. The number of likely N-dealkylation sites (tertiary alicyclic amines) is 1. The van der Waals surface area contributed by atoms with Crippen molar-refractivity contribution in [1.29, 1.82) is 0 Å². The first kappa shape index (κ1) is 11.6. The summed E-state index contributed by atoms with van der Waals surface area (Å²) in [6, 6.07) is 0. The summed E-state index contributed by atoms with van der Waals surface area (Å²) in [5.41, 5.74) is 0.0626. The first-order chi connectivity index (χ1) is 7.68. The third-order valence-electron chi connectivity index (χ3n) is 4.25. The molecule has 1 aliphatic carbocycles. The van der Waals surface area contributed by atoms with Gasteiger partial charge < -0.3 is 5.11 Å². The van der Waals surface area contributed by atoms with Crippen molar-refractivity contribution >= 4 is 5.97 Å². The van der Waals surface area contributed by atoms with E-state index in [9.17, 15) is 9.90 Å². The van der Waals surface area contributed by atoms with Crippen LogP contribution in [-0.2, 0) is 4.79 Å².